The second-order valence-electron chi connectivity index (χ2n) is 4.25. The van der Waals surface area contributed by atoms with Crippen LogP contribution in [0.2, 0.25) is 5.02 Å². The van der Waals surface area contributed by atoms with Crippen molar-refractivity contribution in [2.24, 2.45) is 4.99 Å². The van der Waals surface area contributed by atoms with E-state index in [1.807, 2.05) is 26.2 Å². The Kier molecular flexibility index (Phi) is 4.23. The number of nitrogens with one attached hydrogen (secondary N) is 2. The molecule has 102 valence electrons. The van der Waals surface area contributed by atoms with Crippen molar-refractivity contribution in [3.8, 4) is 6.07 Å². The van der Waals surface area contributed by atoms with Crippen molar-refractivity contribution in [3.05, 3.63) is 34.9 Å². The highest BCUT2D eigenvalue weighted by molar-refractivity contribution is 6.30. The highest BCUT2D eigenvalue weighted by Crippen LogP contribution is 2.26. The number of nitrogens with zero attached hydrogens (tertiary/aromatic N) is 4. The average Bonchev–Trinajstić information content (AvgIpc) is 2.78. The van der Waals surface area contributed by atoms with Crippen LogP contribution in [-0.2, 0) is 0 Å². The summed E-state index contributed by atoms with van der Waals surface area (Å²) < 4.78 is 0. The zero-order valence-electron chi connectivity index (χ0n) is 11.1. The van der Waals surface area contributed by atoms with Gasteiger partial charge in [0.15, 0.2) is 11.6 Å². The zero-order chi connectivity index (χ0) is 14.5. The van der Waals surface area contributed by atoms with Crippen molar-refractivity contribution < 1.29 is 0 Å². The quantitative estimate of drug-likeness (QED) is 0.669. The van der Waals surface area contributed by atoms with Crippen LogP contribution in [0.15, 0.2) is 29.3 Å². The molecule has 20 heavy (non-hydrogen) atoms. The smallest absolute Gasteiger partial charge is 0.172 e. The molecule has 2 rings (SSSR count). The number of aromatic amines is 1. The van der Waals surface area contributed by atoms with E-state index in [0.29, 0.717) is 22.2 Å². The fourth-order valence-corrected chi connectivity index (χ4v) is 1.69. The van der Waals surface area contributed by atoms with E-state index in [0.717, 1.165) is 5.69 Å². The molecular weight excluding hydrogens is 276 g/mol. The van der Waals surface area contributed by atoms with Gasteiger partial charge in [-0.1, -0.05) is 17.7 Å². The molecule has 0 fully saturated rings. The fraction of sp³-hybridized carbons (Fsp3) is 0.154. The maximum absolute atomic E-state index is 9.22. The summed E-state index contributed by atoms with van der Waals surface area (Å²) in [5, 5.41) is 19.6. The SMILES string of the molecule is CN(C)/C=N/c1[nH]nc(Nc2cccc(Cl)c2)c1C#N. The maximum Gasteiger partial charge on any atom is 0.172 e. The van der Waals surface area contributed by atoms with Gasteiger partial charge in [0.25, 0.3) is 0 Å². The van der Waals surface area contributed by atoms with Gasteiger partial charge in [0.2, 0.25) is 0 Å². The normalized spacial score (nSPS) is 10.5. The first-order valence-corrected chi connectivity index (χ1v) is 6.19. The third kappa shape index (κ3) is 3.28. The van der Waals surface area contributed by atoms with Crippen LogP contribution in [0.1, 0.15) is 5.56 Å². The van der Waals surface area contributed by atoms with Crippen molar-refractivity contribution in [2.45, 2.75) is 0 Å². The topological polar surface area (TPSA) is 80.1 Å². The summed E-state index contributed by atoms with van der Waals surface area (Å²) >= 11 is 5.91. The molecule has 0 saturated heterocycles. The van der Waals surface area contributed by atoms with Crippen LogP contribution in [0.25, 0.3) is 0 Å². The van der Waals surface area contributed by atoms with E-state index in [2.05, 4.69) is 26.6 Å². The number of hydrogen-bond donors (Lipinski definition) is 2. The lowest BCUT2D eigenvalue weighted by atomic mass is 10.3. The predicted octanol–water partition coefficient (Wildman–Crippen LogP) is 2.90. The summed E-state index contributed by atoms with van der Waals surface area (Å²) in [7, 11) is 3.69. The predicted molar refractivity (Wildman–Crippen MR) is 79.9 cm³/mol. The Morgan fingerprint density at radius 1 is 1.50 bits per heavy atom. The number of rotatable bonds is 4. The molecule has 1 aromatic carbocycles. The Morgan fingerprint density at radius 3 is 2.95 bits per heavy atom. The van der Waals surface area contributed by atoms with Gasteiger partial charge in [-0.15, -0.1) is 0 Å². The highest BCUT2D eigenvalue weighted by Gasteiger charge is 2.12. The van der Waals surface area contributed by atoms with Crippen molar-refractivity contribution in [3.63, 3.8) is 0 Å². The summed E-state index contributed by atoms with van der Waals surface area (Å²) in [6, 6.07) is 9.26. The molecule has 0 bridgehead atoms. The van der Waals surface area contributed by atoms with Gasteiger partial charge in [0, 0.05) is 24.8 Å². The van der Waals surface area contributed by atoms with Crippen LogP contribution in [-0.4, -0.2) is 35.5 Å². The van der Waals surface area contributed by atoms with Gasteiger partial charge >= 0.3 is 0 Å². The summed E-state index contributed by atoms with van der Waals surface area (Å²) in [5.74, 6) is 0.825. The number of aliphatic imine (C=N–C) groups is 1. The Bertz CT molecular complexity index is 668. The molecular formula is C13H13ClN6. The molecule has 0 aliphatic carbocycles. The van der Waals surface area contributed by atoms with E-state index in [1.54, 1.807) is 23.4 Å². The lowest BCUT2D eigenvalue weighted by molar-refractivity contribution is 0.643. The number of H-pyrrole nitrogens is 1. The molecule has 0 unspecified atom stereocenters. The highest BCUT2D eigenvalue weighted by atomic mass is 35.5. The summed E-state index contributed by atoms with van der Waals surface area (Å²) in [4.78, 5) is 5.92. The maximum atomic E-state index is 9.22. The van der Waals surface area contributed by atoms with Crippen LogP contribution >= 0.6 is 11.6 Å². The van der Waals surface area contributed by atoms with Gasteiger partial charge in [0.05, 0.1) is 6.34 Å². The molecule has 0 spiro atoms. The van der Waals surface area contributed by atoms with E-state index in [-0.39, 0.29) is 0 Å². The number of nitriles is 1. The van der Waals surface area contributed by atoms with E-state index >= 15 is 0 Å². The van der Waals surface area contributed by atoms with Gasteiger partial charge < -0.3 is 10.2 Å². The van der Waals surface area contributed by atoms with Gasteiger partial charge in [-0.2, -0.15) is 10.4 Å². The van der Waals surface area contributed by atoms with Crippen LogP contribution in [0.3, 0.4) is 0 Å². The molecule has 2 aromatic rings. The summed E-state index contributed by atoms with van der Waals surface area (Å²) in [6.45, 7) is 0. The van der Waals surface area contributed by atoms with Crippen LogP contribution in [0, 0.1) is 11.3 Å². The number of benzene rings is 1. The minimum Gasteiger partial charge on any atom is -0.369 e. The van der Waals surface area contributed by atoms with Crippen LogP contribution < -0.4 is 5.32 Å². The fourth-order valence-electron chi connectivity index (χ4n) is 1.50. The van der Waals surface area contributed by atoms with Crippen molar-refractivity contribution in [2.75, 3.05) is 19.4 Å². The second-order valence-corrected chi connectivity index (χ2v) is 4.69. The lowest BCUT2D eigenvalue weighted by Gasteiger charge is -2.03. The third-order valence-electron chi connectivity index (χ3n) is 2.36. The molecule has 7 heteroatoms. The molecule has 1 aromatic heterocycles. The zero-order valence-corrected chi connectivity index (χ0v) is 11.8. The van der Waals surface area contributed by atoms with E-state index < -0.39 is 0 Å². The lowest BCUT2D eigenvalue weighted by Crippen LogP contribution is -2.07. The van der Waals surface area contributed by atoms with Gasteiger partial charge in [-0.05, 0) is 18.2 Å². The van der Waals surface area contributed by atoms with Gasteiger partial charge in [-0.25, -0.2) is 4.99 Å². The van der Waals surface area contributed by atoms with Crippen molar-refractivity contribution in [1.29, 1.82) is 5.26 Å². The van der Waals surface area contributed by atoms with Crippen molar-refractivity contribution >= 4 is 35.3 Å². The summed E-state index contributed by atoms with van der Waals surface area (Å²) in [5.41, 5.74) is 1.10. The number of anilines is 2. The Morgan fingerprint density at radius 2 is 2.30 bits per heavy atom. The first-order chi connectivity index (χ1) is 9.60. The molecule has 2 N–H and O–H groups in total. The molecule has 1 heterocycles. The Balaban J connectivity index is 2.27. The first-order valence-electron chi connectivity index (χ1n) is 5.82. The Labute approximate surface area is 121 Å². The third-order valence-corrected chi connectivity index (χ3v) is 2.60. The number of aromatic nitrogens is 2. The van der Waals surface area contributed by atoms with Crippen molar-refractivity contribution in [1.82, 2.24) is 15.1 Å². The summed E-state index contributed by atoms with van der Waals surface area (Å²) in [6.07, 6.45) is 1.59. The van der Waals surface area contributed by atoms with Crippen LogP contribution in [0.5, 0.6) is 0 Å². The van der Waals surface area contributed by atoms with E-state index in [1.165, 1.54) is 0 Å². The molecule has 6 nitrogen and oxygen atoms in total. The van der Waals surface area contributed by atoms with Gasteiger partial charge in [0.1, 0.15) is 11.6 Å². The monoisotopic (exact) mass is 288 g/mol. The minimum absolute atomic E-state index is 0.350. The van der Waals surface area contributed by atoms with Crippen LogP contribution in [0.4, 0.5) is 17.3 Å². The standard InChI is InChI=1S/C13H13ClN6/c1-20(2)8-16-12-11(7-15)13(19-18-12)17-10-5-3-4-9(14)6-10/h3-6,8H,1-2H3,(H2,17,18,19)/b16-8+. The molecule has 0 aliphatic rings. The van der Waals surface area contributed by atoms with E-state index in [9.17, 15) is 5.26 Å². The largest absolute Gasteiger partial charge is 0.369 e. The first kappa shape index (κ1) is 13.9. The average molecular weight is 289 g/mol. The molecule has 0 aliphatic heterocycles. The number of hydrogen-bond acceptors (Lipinski definition) is 4. The second kappa shape index (κ2) is 6.08. The molecule has 0 saturated carbocycles. The molecule has 0 amide bonds. The number of halogens is 1. The minimum atomic E-state index is 0.350. The van der Waals surface area contributed by atoms with Gasteiger partial charge in [-0.3, -0.25) is 5.10 Å². The molecule has 0 atom stereocenters. The van der Waals surface area contributed by atoms with E-state index in [4.69, 9.17) is 11.6 Å². The molecule has 0 radical (unpaired) electrons. The Hall–Kier alpha value is -2.52.